The monoisotopic (exact) mass is 279 g/mol. The Morgan fingerprint density at radius 2 is 2.00 bits per heavy atom. The third-order valence-electron chi connectivity index (χ3n) is 3.08. The second-order valence-electron chi connectivity index (χ2n) is 4.62. The summed E-state index contributed by atoms with van der Waals surface area (Å²) in [5, 5.41) is 0. The summed E-state index contributed by atoms with van der Waals surface area (Å²) in [6.45, 7) is 1.89. The van der Waals surface area contributed by atoms with Gasteiger partial charge in [-0.15, -0.1) is 0 Å². The zero-order valence-corrected chi connectivity index (χ0v) is 11.4. The Morgan fingerprint density at radius 3 is 2.67 bits per heavy atom. The summed E-state index contributed by atoms with van der Waals surface area (Å²) < 4.78 is 5.63. The van der Waals surface area contributed by atoms with Crippen molar-refractivity contribution in [3.05, 3.63) is 60.2 Å². The van der Waals surface area contributed by atoms with Gasteiger partial charge in [-0.2, -0.15) is 0 Å². The van der Waals surface area contributed by atoms with Crippen LogP contribution in [-0.2, 0) is 0 Å². The fraction of sp³-hybridized carbons (Fsp3) is 0.0625. The minimum atomic E-state index is -0.618. The first-order valence-electron chi connectivity index (χ1n) is 6.43. The largest absolute Gasteiger partial charge is 0.450 e. The van der Waals surface area contributed by atoms with Gasteiger partial charge in [0.05, 0.1) is 11.3 Å². The Hall–Kier alpha value is -2.95. The van der Waals surface area contributed by atoms with Crippen LogP contribution >= 0.6 is 0 Å². The van der Waals surface area contributed by atoms with Crippen molar-refractivity contribution in [2.75, 3.05) is 0 Å². The Kier molecular flexibility index (Phi) is 3.23. The van der Waals surface area contributed by atoms with Crippen LogP contribution in [0.1, 0.15) is 16.2 Å². The first kappa shape index (κ1) is 13.1. The Morgan fingerprint density at radius 1 is 1.14 bits per heavy atom. The van der Waals surface area contributed by atoms with Gasteiger partial charge in [-0.05, 0) is 37.3 Å². The standard InChI is InChI=1S/C16H13N3O2/c1-10-8-11(5-7-18-10)14-9-12(15(21-14)16(17)20)13-4-2-3-6-19-13/h2-9H,1H3,(H2,17,20). The van der Waals surface area contributed by atoms with Gasteiger partial charge in [0, 0.05) is 23.7 Å². The maximum absolute atomic E-state index is 11.6. The normalized spacial score (nSPS) is 10.5. The fourth-order valence-electron chi connectivity index (χ4n) is 2.13. The molecule has 0 bridgehead atoms. The number of aromatic nitrogens is 2. The molecule has 0 aliphatic heterocycles. The van der Waals surface area contributed by atoms with E-state index in [1.54, 1.807) is 30.6 Å². The first-order chi connectivity index (χ1) is 10.1. The smallest absolute Gasteiger partial charge is 0.285 e. The van der Waals surface area contributed by atoms with Crippen LogP contribution in [0.4, 0.5) is 0 Å². The molecule has 104 valence electrons. The van der Waals surface area contributed by atoms with E-state index in [4.69, 9.17) is 10.2 Å². The fourth-order valence-corrected chi connectivity index (χ4v) is 2.13. The molecule has 3 heterocycles. The summed E-state index contributed by atoms with van der Waals surface area (Å²) in [6.07, 6.45) is 3.35. The molecule has 5 heteroatoms. The SMILES string of the molecule is Cc1cc(-c2cc(-c3ccccn3)c(C(N)=O)o2)ccn1. The Labute approximate surface area is 121 Å². The molecule has 3 rings (SSSR count). The minimum Gasteiger partial charge on any atom is -0.450 e. The van der Waals surface area contributed by atoms with Gasteiger partial charge in [0.25, 0.3) is 5.91 Å². The molecule has 1 amide bonds. The zero-order chi connectivity index (χ0) is 14.8. The molecule has 2 N–H and O–H groups in total. The highest BCUT2D eigenvalue weighted by atomic mass is 16.4. The molecule has 5 nitrogen and oxygen atoms in total. The first-order valence-corrected chi connectivity index (χ1v) is 6.43. The van der Waals surface area contributed by atoms with Crippen molar-refractivity contribution >= 4 is 5.91 Å². The minimum absolute atomic E-state index is 0.109. The number of nitrogens with two attached hydrogens (primary N) is 1. The molecule has 0 unspecified atom stereocenters. The predicted molar refractivity (Wildman–Crippen MR) is 78.4 cm³/mol. The van der Waals surface area contributed by atoms with Crippen LogP contribution in [0, 0.1) is 6.92 Å². The van der Waals surface area contributed by atoms with E-state index in [1.165, 1.54) is 0 Å². The molecule has 0 aliphatic rings. The number of nitrogens with zero attached hydrogens (tertiary/aromatic N) is 2. The number of furan rings is 1. The van der Waals surface area contributed by atoms with Gasteiger partial charge in [0.1, 0.15) is 5.76 Å². The number of primary amides is 1. The second-order valence-corrected chi connectivity index (χ2v) is 4.62. The van der Waals surface area contributed by atoms with Crippen molar-refractivity contribution in [2.45, 2.75) is 6.92 Å². The topological polar surface area (TPSA) is 82.0 Å². The van der Waals surface area contributed by atoms with E-state index >= 15 is 0 Å². The van der Waals surface area contributed by atoms with E-state index in [-0.39, 0.29) is 5.76 Å². The number of hydrogen-bond acceptors (Lipinski definition) is 4. The molecule has 0 saturated carbocycles. The van der Waals surface area contributed by atoms with Crippen LogP contribution in [0.25, 0.3) is 22.6 Å². The highest BCUT2D eigenvalue weighted by Gasteiger charge is 2.19. The summed E-state index contributed by atoms with van der Waals surface area (Å²) in [6, 6.07) is 10.9. The number of hydrogen-bond donors (Lipinski definition) is 1. The van der Waals surface area contributed by atoms with Crippen molar-refractivity contribution in [2.24, 2.45) is 5.73 Å². The number of carbonyl (C=O) groups is 1. The average Bonchev–Trinajstić information content (AvgIpc) is 2.93. The van der Waals surface area contributed by atoms with Gasteiger partial charge < -0.3 is 10.2 Å². The van der Waals surface area contributed by atoms with Crippen LogP contribution in [-0.4, -0.2) is 15.9 Å². The number of carbonyl (C=O) groups excluding carboxylic acids is 1. The van der Waals surface area contributed by atoms with Gasteiger partial charge in [-0.25, -0.2) is 0 Å². The second kappa shape index (κ2) is 5.20. The van der Waals surface area contributed by atoms with Crippen molar-refractivity contribution in [1.82, 2.24) is 9.97 Å². The average molecular weight is 279 g/mol. The lowest BCUT2D eigenvalue weighted by molar-refractivity contribution is 0.0975. The summed E-state index contributed by atoms with van der Waals surface area (Å²) >= 11 is 0. The van der Waals surface area contributed by atoms with Crippen molar-refractivity contribution in [1.29, 1.82) is 0 Å². The number of amides is 1. The maximum Gasteiger partial charge on any atom is 0.285 e. The van der Waals surface area contributed by atoms with Crippen molar-refractivity contribution < 1.29 is 9.21 Å². The van der Waals surface area contributed by atoms with Gasteiger partial charge in [-0.1, -0.05) is 6.07 Å². The van der Waals surface area contributed by atoms with Crippen LogP contribution < -0.4 is 5.73 Å². The van der Waals surface area contributed by atoms with Gasteiger partial charge in [-0.3, -0.25) is 14.8 Å². The molecular weight excluding hydrogens is 266 g/mol. The van der Waals surface area contributed by atoms with E-state index in [1.807, 2.05) is 25.1 Å². The number of pyridine rings is 2. The van der Waals surface area contributed by atoms with Crippen molar-refractivity contribution in [3.63, 3.8) is 0 Å². The lowest BCUT2D eigenvalue weighted by Crippen LogP contribution is -2.10. The van der Waals surface area contributed by atoms with E-state index in [2.05, 4.69) is 9.97 Å². The van der Waals surface area contributed by atoms with Gasteiger partial charge >= 0.3 is 0 Å². The van der Waals surface area contributed by atoms with Crippen LogP contribution in [0.5, 0.6) is 0 Å². The van der Waals surface area contributed by atoms with E-state index < -0.39 is 5.91 Å². The Balaban J connectivity index is 2.15. The predicted octanol–water partition coefficient (Wildman–Crippen LogP) is 2.81. The third-order valence-corrected chi connectivity index (χ3v) is 3.08. The van der Waals surface area contributed by atoms with E-state index in [0.717, 1.165) is 11.3 Å². The highest BCUT2D eigenvalue weighted by molar-refractivity contribution is 5.97. The lowest BCUT2D eigenvalue weighted by atomic mass is 10.1. The van der Waals surface area contributed by atoms with Crippen LogP contribution in [0.2, 0.25) is 0 Å². The van der Waals surface area contributed by atoms with Gasteiger partial charge in [0.15, 0.2) is 0 Å². The molecule has 3 aromatic heterocycles. The lowest BCUT2D eigenvalue weighted by Gasteiger charge is -1.97. The third kappa shape index (κ3) is 2.53. The molecule has 21 heavy (non-hydrogen) atoms. The summed E-state index contributed by atoms with van der Waals surface area (Å²) in [7, 11) is 0. The van der Waals surface area contributed by atoms with E-state index in [0.29, 0.717) is 17.0 Å². The molecule has 0 radical (unpaired) electrons. The molecule has 0 aliphatic carbocycles. The maximum atomic E-state index is 11.6. The summed E-state index contributed by atoms with van der Waals surface area (Å²) in [5.41, 5.74) is 8.34. The number of rotatable bonds is 3. The van der Waals surface area contributed by atoms with E-state index in [9.17, 15) is 4.79 Å². The molecule has 0 aromatic carbocycles. The molecule has 0 fully saturated rings. The van der Waals surface area contributed by atoms with Gasteiger partial charge in [0.2, 0.25) is 5.76 Å². The molecule has 0 saturated heterocycles. The molecule has 0 spiro atoms. The number of aryl methyl sites for hydroxylation is 1. The van der Waals surface area contributed by atoms with Crippen LogP contribution in [0.3, 0.4) is 0 Å². The molecule has 0 atom stereocenters. The van der Waals surface area contributed by atoms with Crippen molar-refractivity contribution in [3.8, 4) is 22.6 Å². The quantitative estimate of drug-likeness (QED) is 0.799. The summed E-state index contributed by atoms with van der Waals surface area (Å²) in [5.74, 6) is 0.0563. The molecule has 3 aromatic rings. The highest BCUT2D eigenvalue weighted by Crippen LogP contribution is 2.31. The summed E-state index contributed by atoms with van der Waals surface area (Å²) in [4.78, 5) is 20.0. The Bertz CT molecular complexity index is 794. The molecular formula is C16H13N3O2. The van der Waals surface area contributed by atoms with Crippen LogP contribution in [0.15, 0.2) is 53.2 Å². The zero-order valence-electron chi connectivity index (χ0n) is 11.4.